The van der Waals surface area contributed by atoms with E-state index >= 15 is 0 Å². The average Bonchev–Trinajstić information content (AvgIpc) is 3.50. The van der Waals surface area contributed by atoms with Crippen LogP contribution in [0.5, 0.6) is 0 Å². The van der Waals surface area contributed by atoms with Gasteiger partial charge >= 0.3 is 0 Å². The van der Waals surface area contributed by atoms with Crippen LogP contribution in [0.2, 0.25) is 0 Å². The molecule has 9 heteroatoms. The first-order chi connectivity index (χ1) is 16.1. The number of benzene rings is 1. The van der Waals surface area contributed by atoms with Crippen LogP contribution >= 0.6 is 0 Å². The lowest BCUT2D eigenvalue weighted by Gasteiger charge is -2.31. The molecule has 5 rings (SSSR count). The van der Waals surface area contributed by atoms with Crippen molar-refractivity contribution in [3.05, 3.63) is 59.9 Å². The molecule has 4 heterocycles. The highest BCUT2D eigenvalue weighted by Crippen LogP contribution is 2.34. The average molecular weight is 451 g/mol. The standard InChI is InChI=1S/C24H27FN6O2/c25-19-5-2-1-4-18(19)15-31-11-3-6-20(31)24-28-23(29-33-24)17-7-10-27-21(14-17)30-12-8-16(9-13-30)22(26)32/h1-2,4-5,7,10,14,16,20H,3,6,8-9,11-13,15H2,(H2,26,32)/t20-/m0/s1. The van der Waals surface area contributed by atoms with Gasteiger partial charge in [0.05, 0.1) is 6.04 Å². The Labute approximate surface area is 191 Å². The Hall–Kier alpha value is -3.33. The van der Waals surface area contributed by atoms with Crippen molar-refractivity contribution < 1.29 is 13.7 Å². The number of pyridine rings is 1. The molecule has 2 fully saturated rings. The van der Waals surface area contributed by atoms with Crippen LogP contribution in [-0.2, 0) is 11.3 Å². The molecule has 172 valence electrons. The van der Waals surface area contributed by atoms with Crippen molar-refractivity contribution in [3.63, 3.8) is 0 Å². The van der Waals surface area contributed by atoms with Gasteiger partial charge in [0.2, 0.25) is 17.6 Å². The second-order valence-corrected chi connectivity index (χ2v) is 8.74. The Morgan fingerprint density at radius 2 is 1.97 bits per heavy atom. The molecule has 33 heavy (non-hydrogen) atoms. The Kier molecular flexibility index (Phi) is 6.04. The summed E-state index contributed by atoms with van der Waals surface area (Å²) in [6.07, 6.45) is 5.09. The van der Waals surface area contributed by atoms with Gasteiger partial charge in [-0.25, -0.2) is 9.37 Å². The zero-order valence-electron chi connectivity index (χ0n) is 18.4. The number of nitrogens with two attached hydrogens (primary N) is 1. The Morgan fingerprint density at radius 1 is 1.15 bits per heavy atom. The van der Waals surface area contributed by atoms with E-state index in [1.165, 1.54) is 6.07 Å². The van der Waals surface area contributed by atoms with Gasteiger partial charge < -0.3 is 15.2 Å². The van der Waals surface area contributed by atoms with Gasteiger partial charge in [-0.3, -0.25) is 9.69 Å². The SMILES string of the molecule is NC(=O)C1CCN(c2cc(-c3noc([C@@H]4CCCN4Cc4ccccc4F)n3)ccn2)CC1. The summed E-state index contributed by atoms with van der Waals surface area (Å²) in [4.78, 5) is 24.9. The minimum atomic E-state index is -0.230. The van der Waals surface area contributed by atoms with Gasteiger partial charge in [0.25, 0.3) is 0 Å². The minimum Gasteiger partial charge on any atom is -0.369 e. The van der Waals surface area contributed by atoms with E-state index in [-0.39, 0.29) is 23.7 Å². The number of piperidine rings is 1. The highest BCUT2D eigenvalue weighted by molar-refractivity contribution is 5.77. The fraction of sp³-hybridized carbons (Fsp3) is 0.417. The summed E-state index contributed by atoms with van der Waals surface area (Å²) in [6, 6.07) is 10.6. The molecule has 0 unspecified atom stereocenters. The van der Waals surface area contributed by atoms with Crippen molar-refractivity contribution in [2.45, 2.75) is 38.3 Å². The summed E-state index contributed by atoms with van der Waals surface area (Å²) in [6.45, 7) is 2.83. The second kappa shape index (κ2) is 9.27. The molecule has 3 aromatic rings. The van der Waals surface area contributed by atoms with Gasteiger partial charge in [-0.2, -0.15) is 4.98 Å². The lowest BCUT2D eigenvalue weighted by atomic mass is 9.96. The number of hydrogen-bond donors (Lipinski definition) is 1. The number of anilines is 1. The second-order valence-electron chi connectivity index (χ2n) is 8.74. The van der Waals surface area contributed by atoms with Crippen LogP contribution in [0.25, 0.3) is 11.4 Å². The van der Waals surface area contributed by atoms with Gasteiger partial charge in [0.1, 0.15) is 11.6 Å². The van der Waals surface area contributed by atoms with Gasteiger partial charge in [0.15, 0.2) is 0 Å². The van der Waals surface area contributed by atoms with E-state index in [0.29, 0.717) is 23.8 Å². The molecule has 2 aliphatic rings. The Bertz CT molecular complexity index is 1130. The van der Waals surface area contributed by atoms with Crippen molar-refractivity contribution in [2.24, 2.45) is 11.7 Å². The molecular weight excluding hydrogens is 423 g/mol. The third-order valence-corrected chi connectivity index (χ3v) is 6.65. The van der Waals surface area contributed by atoms with Crippen molar-refractivity contribution in [1.29, 1.82) is 0 Å². The molecule has 0 radical (unpaired) electrons. The van der Waals surface area contributed by atoms with Crippen LogP contribution in [0.4, 0.5) is 10.2 Å². The molecule has 0 aliphatic carbocycles. The van der Waals surface area contributed by atoms with Crippen LogP contribution < -0.4 is 10.6 Å². The number of hydrogen-bond acceptors (Lipinski definition) is 7. The molecular formula is C24H27FN6O2. The first kappa shape index (κ1) is 21.5. The van der Waals surface area contributed by atoms with Gasteiger partial charge in [-0.1, -0.05) is 23.4 Å². The summed E-state index contributed by atoms with van der Waals surface area (Å²) < 4.78 is 19.8. The number of rotatable bonds is 6. The number of halogens is 1. The smallest absolute Gasteiger partial charge is 0.244 e. The number of likely N-dealkylation sites (tertiary alicyclic amines) is 1. The number of amides is 1. The fourth-order valence-electron chi connectivity index (χ4n) is 4.75. The van der Waals surface area contributed by atoms with Crippen LogP contribution in [0.1, 0.15) is 43.2 Å². The first-order valence-corrected chi connectivity index (χ1v) is 11.4. The maximum atomic E-state index is 14.1. The van der Waals surface area contributed by atoms with E-state index in [1.807, 2.05) is 24.3 Å². The predicted molar refractivity (Wildman–Crippen MR) is 120 cm³/mol. The normalized spacial score (nSPS) is 19.8. The zero-order valence-corrected chi connectivity index (χ0v) is 18.4. The van der Waals surface area contributed by atoms with Gasteiger partial charge in [-0.05, 0) is 50.4 Å². The molecule has 1 atom stereocenters. The van der Waals surface area contributed by atoms with Crippen molar-refractivity contribution >= 4 is 11.7 Å². The maximum absolute atomic E-state index is 14.1. The molecule has 2 N–H and O–H groups in total. The lowest BCUT2D eigenvalue weighted by molar-refractivity contribution is -0.122. The molecule has 1 aromatic carbocycles. The zero-order chi connectivity index (χ0) is 22.8. The third-order valence-electron chi connectivity index (χ3n) is 6.65. The fourth-order valence-corrected chi connectivity index (χ4v) is 4.75. The summed E-state index contributed by atoms with van der Waals surface area (Å²) >= 11 is 0. The molecule has 2 saturated heterocycles. The third kappa shape index (κ3) is 4.59. The van der Waals surface area contributed by atoms with E-state index in [0.717, 1.165) is 56.7 Å². The number of primary amides is 1. The number of aromatic nitrogens is 3. The Balaban J connectivity index is 1.30. The highest BCUT2D eigenvalue weighted by atomic mass is 19.1. The van der Waals surface area contributed by atoms with E-state index in [4.69, 9.17) is 10.3 Å². The number of carbonyl (C=O) groups is 1. The molecule has 0 bridgehead atoms. The first-order valence-electron chi connectivity index (χ1n) is 11.4. The molecule has 0 saturated carbocycles. The highest BCUT2D eigenvalue weighted by Gasteiger charge is 2.31. The summed E-state index contributed by atoms with van der Waals surface area (Å²) in [5.41, 5.74) is 6.94. The maximum Gasteiger partial charge on any atom is 0.244 e. The molecule has 2 aliphatic heterocycles. The predicted octanol–water partition coefficient (Wildman–Crippen LogP) is 3.31. The van der Waals surface area contributed by atoms with Crippen molar-refractivity contribution in [1.82, 2.24) is 20.0 Å². The minimum absolute atomic E-state index is 0.0278. The van der Waals surface area contributed by atoms with Crippen LogP contribution in [0.15, 0.2) is 47.1 Å². The number of nitrogens with zero attached hydrogens (tertiary/aromatic N) is 5. The molecule has 0 spiro atoms. The molecule has 8 nitrogen and oxygen atoms in total. The summed E-state index contributed by atoms with van der Waals surface area (Å²) in [5.74, 6) is 1.40. The van der Waals surface area contributed by atoms with Gasteiger partial charge in [-0.15, -0.1) is 0 Å². The van der Waals surface area contributed by atoms with Crippen LogP contribution in [-0.4, -0.2) is 45.6 Å². The van der Waals surface area contributed by atoms with Crippen LogP contribution in [0.3, 0.4) is 0 Å². The number of carbonyl (C=O) groups excluding carboxylic acids is 1. The summed E-state index contributed by atoms with van der Waals surface area (Å²) in [7, 11) is 0. The van der Waals surface area contributed by atoms with E-state index in [9.17, 15) is 9.18 Å². The van der Waals surface area contributed by atoms with Crippen molar-refractivity contribution in [2.75, 3.05) is 24.5 Å². The van der Waals surface area contributed by atoms with E-state index in [1.54, 1.807) is 12.3 Å². The largest absolute Gasteiger partial charge is 0.369 e. The van der Waals surface area contributed by atoms with Gasteiger partial charge in [0, 0.05) is 42.9 Å². The molecule has 2 aromatic heterocycles. The molecule has 1 amide bonds. The van der Waals surface area contributed by atoms with Crippen LogP contribution in [0, 0.1) is 11.7 Å². The lowest BCUT2D eigenvalue weighted by Crippen LogP contribution is -2.38. The topological polar surface area (TPSA) is 101 Å². The summed E-state index contributed by atoms with van der Waals surface area (Å²) in [5, 5.41) is 4.22. The van der Waals surface area contributed by atoms with Crippen molar-refractivity contribution in [3.8, 4) is 11.4 Å². The monoisotopic (exact) mass is 450 g/mol. The van der Waals surface area contributed by atoms with E-state index in [2.05, 4.69) is 24.9 Å². The quantitative estimate of drug-likeness (QED) is 0.615. The van der Waals surface area contributed by atoms with E-state index < -0.39 is 0 Å². The Morgan fingerprint density at radius 3 is 2.76 bits per heavy atom.